The first kappa shape index (κ1) is 10.8. The van der Waals surface area contributed by atoms with Crippen LogP contribution >= 0.6 is 0 Å². The molecule has 0 unspecified atom stereocenters. The second kappa shape index (κ2) is 4.88. The molecule has 0 atom stereocenters. The zero-order valence-corrected chi connectivity index (χ0v) is 9.10. The van der Waals surface area contributed by atoms with E-state index in [1.54, 1.807) is 6.07 Å². The lowest BCUT2D eigenvalue weighted by Gasteiger charge is -2.15. The van der Waals surface area contributed by atoms with Crippen molar-refractivity contribution in [1.82, 2.24) is 0 Å². The first-order valence-electron chi connectivity index (χ1n) is 5.55. The molecule has 4 nitrogen and oxygen atoms in total. The number of nitrogens with two attached hydrogens (primary N) is 1. The SMILES string of the molecule is N/C(=N\O)c1ccccc1OC1CCCC1. The van der Waals surface area contributed by atoms with Crippen LogP contribution in [0.5, 0.6) is 5.75 Å². The third-order valence-corrected chi connectivity index (χ3v) is 2.87. The lowest BCUT2D eigenvalue weighted by molar-refractivity contribution is 0.209. The van der Waals surface area contributed by atoms with Gasteiger partial charge in [-0.3, -0.25) is 0 Å². The van der Waals surface area contributed by atoms with Crippen LogP contribution in [0.1, 0.15) is 31.2 Å². The Labute approximate surface area is 94.7 Å². The van der Waals surface area contributed by atoms with Crippen LogP contribution in [0.4, 0.5) is 0 Å². The van der Waals surface area contributed by atoms with Gasteiger partial charge in [0.05, 0.1) is 11.7 Å². The van der Waals surface area contributed by atoms with Gasteiger partial charge in [-0.1, -0.05) is 17.3 Å². The smallest absolute Gasteiger partial charge is 0.173 e. The molecule has 3 N–H and O–H groups in total. The van der Waals surface area contributed by atoms with Crippen LogP contribution in [-0.4, -0.2) is 17.1 Å². The molecular weight excluding hydrogens is 204 g/mol. The molecule has 0 saturated heterocycles. The number of hydrogen-bond donors (Lipinski definition) is 2. The molecule has 4 heteroatoms. The van der Waals surface area contributed by atoms with E-state index in [-0.39, 0.29) is 11.9 Å². The largest absolute Gasteiger partial charge is 0.490 e. The lowest BCUT2D eigenvalue weighted by atomic mass is 10.2. The van der Waals surface area contributed by atoms with Gasteiger partial charge in [-0.25, -0.2) is 0 Å². The summed E-state index contributed by atoms with van der Waals surface area (Å²) < 4.78 is 5.86. The summed E-state index contributed by atoms with van der Waals surface area (Å²) in [6, 6.07) is 7.37. The first-order valence-corrected chi connectivity index (χ1v) is 5.55. The maximum atomic E-state index is 8.68. The molecule has 1 aliphatic carbocycles. The van der Waals surface area contributed by atoms with Crippen LogP contribution in [-0.2, 0) is 0 Å². The molecule has 2 rings (SSSR count). The van der Waals surface area contributed by atoms with Crippen molar-refractivity contribution in [1.29, 1.82) is 0 Å². The van der Waals surface area contributed by atoms with Gasteiger partial charge in [0.2, 0.25) is 0 Å². The van der Waals surface area contributed by atoms with E-state index in [0.29, 0.717) is 11.3 Å². The fourth-order valence-corrected chi connectivity index (χ4v) is 2.02. The summed E-state index contributed by atoms with van der Waals surface area (Å²) in [6.45, 7) is 0. The van der Waals surface area contributed by atoms with Crippen molar-refractivity contribution in [2.75, 3.05) is 0 Å². The zero-order valence-electron chi connectivity index (χ0n) is 9.10. The Morgan fingerprint density at radius 3 is 2.69 bits per heavy atom. The Bertz CT molecular complexity index is 384. The molecule has 1 fully saturated rings. The molecule has 0 amide bonds. The lowest BCUT2D eigenvalue weighted by Crippen LogP contribution is -2.18. The summed E-state index contributed by atoms with van der Waals surface area (Å²) in [5.41, 5.74) is 6.24. The Balaban J connectivity index is 2.19. The summed E-state index contributed by atoms with van der Waals surface area (Å²) in [4.78, 5) is 0. The minimum atomic E-state index is 0.0913. The van der Waals surface area contributed by atoms with E-state index in [1.165, 1.54) is 12.8 Å². The van der Waals surface area contributed by atoms with Crippen molar-refractivity contribution in [2.45, 2.75) is 31.8 Å². The van der Waals surface area contributed by atoms with E-state index in [9.17, 15) is 0 Å². The Hall–Kier alpha value is -1.71. The highest BCUT2D eigenvalue weighted by atomic mass is 16.5. The predicted octanol–water partition coefficient (Wildman–Crippen LogP) is 2.10. The van der Waals surface area contributed by atoms with Gasteiger partial charge in [0.15, 0.2) is 5.84 Å². The molecular formula is C12H16N2O2. The molecule has 0 aliphatic heterocycles. The highest BCUT2D eigenvalue weighted by Crippen LogP contribution is 2.26. The Morgan fingerprint density at radius 2 is 2.00 bits per heavy atom. The number of benzene rings is 1. The van der Waals surface area contributed by atoms with Gasteiger partial charge >= 0.3 is 0 Å². The molecule has 86 valence electrons. The Kier molecular flexibility index (Phi) is 3.29. The standard InChI is InChI=1S/C12H16N2O2/c13-12(14-15)10-7-3-4-8-11(10)16-9-5-1-2-6-9/h3-4,7-9,15H,1-2,5-6H2,(H2,13,14). The predicted molar refractivity (Wildman–Crippen MR) is 61.8 cm³/mol. The second-order valence-corrected chi connectivity index (χ2v) is 4.01. The molecule has 1 aromatic rings. The van der Waals surface area contributed by atoms with Crippen LogP contribution < -0.4 is 10.5 Å². The van der Waals surface area contributed by atoms with Crippen molar-refractivity contribution in [3.63, 3.8) is 0 Å². The minimum absolute atomic E-state index is 0.0913. The van der Waals surface area contributed by atoms with E-state index in [1.807, 2.05) is 18.2 Å². The van der Waals surface area contributed by atoms with Crippen molar-refractivity contribution in [3.05, 3.63) is 29.8 Å². The van der Waals surface area contributed by atoms with Gasteiger partial charge in [0.1, 0.15) is 5.75 Å². The number of para-hydroxylation sites is 1. The van der Waals surface area contributed by atoms with Crippen molar-refractivity contribution >= 4 is 5.84 Å². The number of amidine groups is 1. The number of hydrogen-bond acceptors (Lipinski definition) is 3. The average molecular weight is 220 g/mol. The van der Waals surface area contributed by atoms with Crippen molar-refractivity contribution in [2.24, 2.45) is 10.9 Å². The van der Waals surface area contributed by atoms with E-state index < -0.39 is 0 Å². The molecule has 1 aromatic carbocycles. The highest BCUT2D eigenvalue weighted by molar-refractivity contribution is 5.99. The van der Waals surface area contributed by atoms with E-state index in [2.05, 4.69) is 5.16 Å². The van der Waals surface area contributed by atoms with Crippen LogP contribution in [0.3, 0.4) is 0 Å². The van der Waals surface area contributed by atoms with E-state index >= 15 is 0 Å². The fourth-order valence-electron chi connectivity index (χ4n) is 2.02. The second-order valence-electron chi connectivity index (χ2n) is 4.01. The van der Waals surface area contributed by atoms with Gasteiger partial charge in [-0.2, -0.15) is 0 Å². The number of rotatable bonds is 3. The number of nitrogens with zero attached hydrogens (tertiary/aromatic N) is 1. The van der Waals surface area contributed by atoms with E-state index in [0.717, 1.165) is 12.8 Å². The van der Waals surface area contributed by atoms with Gasteiger partial charge in [-0.05, 0) is 37.8 Å². The Morgan fingerprint density at radius 1 is 1.31 bits per heavy atom. The monoisotopic (exact) mass is 220 g/mol. The molecule has 0 radical (unpaired) electrons. The molecule has 1 saturated carbocycles. The van der Waals surface area contributed by atoms with Crippen LogP contribution in [0.15, 0.2) is 29.4 Å². The van der Waals surface area contributed by atoms with Crippen molar-refractivity contribution in [3.8, 4) is 5.75 Å². The molecule has 0 spiro atoms. The molecule has 0 aromatic heterocycles. The minimum Gasteiger partial charge on any atom is -0.490 e. The topological polar surface area (TPSA) is 67.8 Å². The maximum Gasteiger partial charge on any atom is 0.173 e. The number of ether oxygens (including phenoxy) is 1. The van der Waals surface area contributed by atoms with Crippen LogP contribution in [0.2, 0.25) is 0 Å². The van der Waals surface area contributed by atoms with Crippen molar-refractivity contribution < 1.29 is 9.94 Å². The summed E-state index contributed by atoms with van der Waals surface area (Å²) in [5, 5.41) is 11.7. The summed E-state index contributed by atoms with van der Waals surface area (Å²) >= 11 is 0. The van der Waals surface area contributed by atoms with Gasteiger partial charge in [0, 0.05) is 0 Å². The van der Waals surface area contributed by atoms with Crippen LogP contribution in [0.25, 0.3) is 0 Å². The molecule has 0 bridgehead atoms. The number of oxime groups is 1. The quantitative estimate of drug-likeness (QED) is 0.355. The zero-order chi connectivity index (χ0) is 11.4. The molecule has 0 heterocycles. The summed E-state index contributed by atoms with van der Waals surface area (Å²) in [7, 11) is 0. The van der Waals surface area contributed by atoms with E-state index in [4.69, 9.17) is 15.7 Å². The summed E-state index contributed by atoms with van der Waals surface area (Å²) in [6.07, 6.45) is 4.88. The first-order chi connectivity index (χ1) is 7.81. The van der Waals surface area contributed by atoms with Gasteiger partial charge < -0.3 is 15.7 Å². The molecule has 16 heavy (non-hydrogen) atoms. The van der Waals surface area contributed by atoms with Gasteiger partial charge in [0.25, 0.3) is 0 Å². The maximum absolute atomic E-state index is 8.68. The summed E-state index contributed by atoms with van der Waals surface area (Å²) in [5.74, 6) is 0.790. The third-order valence-electron chi connectivity index (χ3n) is 2.87. The van der Waals surface area contributed by atoms with Gasteiger partial charge in [-0.15, -0.1) is 0 Å². The third kappa shape index (κ3) is 2.27. The normalized spacial score (nSPS) is 17.6. The highest BCUT2D eigenvalue weighted by Gasteiger charge is 2.18. The molecule has 1 aliphatic rings. The fraction of sp³-hybridized carbons (Fsp3) is 0.417. The van der Waals surface area contributed by atoms with Crippen LogP contribution in [0, 0.1) is 0 Å². The average Bonchev–Trinajstić information content (AvgIpc) is 2.82.